The number of aromatic nitrogens is 7. The first-order chi connectivity index (χ1) is 13.2. The molecule has 2 aromatic carbocycles. The van der Waals surface area contributed by atoms with Gasteiger partial charge in [0.15, 0.2) is 0 Å². The lowest BCUT2D eigenvalue weighted by Crippen LogP contribution is -1.97. The molecule has 0 aliphatic heterocycles. The number of rotatable bonds is 3. The molecule has 5 rings (SSSR count). The van der Waals surface area contributed by atoms with E-state index in [-0.39, 0.29) is 0 Å². The quantitative estimate of drug-likeness (QED) is 0.487. The fraction of sp³-hybridized carbons (Fsp3) is 0.105. The second-order valence-electron chi connectivity index (χ2n) is 6.30. The van der Waals surface area contributed by atoms with Gasteiger partial charge in [-0.2, -0.15) is 4.80 Å². The van der Waals surface area contributed by atoms with Gasteiger partial charge in [0.25, 0.3) is 0 Å². The van der Waals surface area contributed by atoms with Crippen LogP contribution >= 0.6 is 11.6 Å². The normalized spacial score (nSPS) is 11.5. The van der Waals surface area contributed by atoms with Crippen molar-refractivity contribution in [1.82, 2.24) is 35.2 Å². The number of hydrogen-bond acceptors (Lipinski definition) is 5. The van der Waals surface area contributed by atoms with Crippen LogP contribution in [0.1, 0.15) is 11.4 Å². The van der Waals surface area contributed by atoms with Gasteiger partial charge < -0.3 is 4.98 Å². The smallest absolute Gasteiger partial charge is 0.204 e. The summed E-state index contributed by atoms with van der Waals surface area (Å²) in [5.41, 5.74) is 3.64. The van der Waals surface area contributed by atoms with E-state index in [1.165, 1.54) is 4.80 Å². The maximum absolute atomic E-state index is 6.50. The van der Waals surface area contributed by atoms with Gasteiger partial charge in [-0.25, -0.2) is 9.97 Å². The van der Waals surface area contributed by atoms with Gasteiger partial charge in [-0.05, 0) is 16.8 Å². The third-order valence-electron chi connectivity index (χ3n) is 4.42. The molecule has 7 nitrogen and oxygen atoms in total. The maximum atomic E-state index is 6.50. The first kappa shape index (κ1) is 15.9. The molecule has 8 heteroatoms. The number of halogens is 1. The minimum atomic E-state index is 0.447. The molecule has 0 spiro atoms. The topological polar surface area (TPSA) is 85.2 Å². The molecule has 0 aliphatic carbocycles. The van der Waals surface area contributed by atoms with Crippen molar-refractivity contribution in [2.45, 2.75) is 6.42 Å². The molecule has 0 fully saturated rings. The highest BCUT2D eigenvalue weighted by Crippen LogP contribution is 2.31. The SMILES string of the molecule is Cn1nnc(-c2ccc3c(c2)[nH]c2nc(Cc4ccccc4)nc(Cl)c23)n1. The van der Waals surface area contributed by atoms with Crippen molar-refractivity contribution in [3.8, 4) is 11.4 Å². The van der Waals surface area contributed by atoms with E-state index < -0.39 is 0 Å². The highest BCUT2D eigenvalue weighted by molar-refractivity contribution is 6.36. The highest BCUT2D eigenvalue weighted by Gasteiger charge is 2.14. The average molecular weight is 376 g/mol. The Labute approximate surface area is 159 Å². The fourth-order valence-corrected chi connectivity index (χ4v) is 3.48. The second-order valence-corrected chi connectivity index (χ2v) is 6.66. The molecule has 5 aromatic rings. The molecule has 0 bridgehead atoms. The van der Waals surface area contributed by atoms with E-state index in [2.05, 4.69) is 30.4 Å². The van der Waals surface area contributed by atoms with Gasteiger partial charge in [0.1, 0.15) is 16.6 Å². The number of nitrogens with one attached hydrogen (secondary N) is 1. The van der Waals surface area contributed by atoms with Crippen molar-refractivity contribution in [3.63, 3.8) is 0 Å². The number of H-pyrrole nitrogens is 1. The predicted octanol–water partition coefficient (Wildman–Crippen LogP) is 3.55. The van der Waals surface area contributed by atoms with Gasteiger partial charge >= 0.3 is 0 Å². The Bertz CT molecular complexity index is 1270. The van der Waals surface area contributed by atoms with Gasteiger partial charge in [-0.1, -0.05) is 54.1 Å². The van der Waals surface area contributed by atoms with Gasteiger partial charge in [0, 0.05) is 22.9 Å². The zero-order chi connectivity index (χ0) is 18.4. The number of benzene rings is 2. The summed E-state index contributed by atoms with van der Waals surface area (Å²) in [6, 6.07) is 16.0. The lowest BCUT2D eigenvalue weighted by molar-refractivity contribution is 0.630. The minimum Gasteiger partial charge on any atom is -0.339 e. The van der Waals surface area contributed by atoms with Crippen LogP contribution in [0.15, 0.2) is 48.5 Å². The molecule has 0 saturated carbocycles. The number of aryl methyl sites for hydroxylation is 1. The summed E-state index contributed by atoms with van der Waals surface area (Å²) < 4.78 is 0. The molecular formula is C19H14ClN7. The molecule has 3 aromatic heterocycles. The molecule has 0 atom stereocenters. The van der Waals surface area contributed by atoms with E-state index in [9.17, 15) is 0 Å². The summed E-state index contributed by atoms with van der Waals surface area (Å²) in [6.07, 6.45) is 0.626. The van der Waals surface area contributed by atoms with E-state index in [0.29, 0.717) is 23.2 Å². The van der Waals surface area contributed by atoms with E-state index in [4.69, 9.17) is 11.6 Å². The summed E-state index contributed by atoms with van der Waals surface area (Å²) in [5, 5.41) is 14.4. The standard InChI is InChI=1S/C19H14ClN7/c1-27-25-18(24-26-27)12-7-8-13-14(10-12)21-19-16(13)17(20)22-15(23-19)9-11-5-3-2-4-6-11/h2-8,10H,9H2,1H3,(H,21,22,23). The van der Waals surface area contributed by atoms with E-state index in [0.717, 1.165) is 33.1 Å². The Balaban J connectivity index is 1.62. The van der Waals surface area contributed by atoms with Crippen LogP contribution < -0.4 is 0 Å². The van der Waals surface area contributed by atoms with Crippen molar-refractivity contribution >= 4 is 33.5 Å². The van der Waals surface area contributed by atoms with Crippen molar-refractivity contribution in [3.05, 3.63) is 65.1 Å². The number of aromatic amines is 1. The monoisotopic (exact) mass is 375 g/mol. The van der Waals surface area contributed by atoms with Crippen molar-refractivity contribution in [1.29, 1.82) is 0 Å². The van der Waals surface area contributed by atoms with E-state index >= 15 is 0 Å². The number of nitrogens with zero attached hydrogens (tertiary/aromatic N) is 6. The summed E-state index contributed by atoms with van der Waals surface area (Å²) in [5.74, 6) is 1.25. The lowest BCUT2D eigenvalue weighted by Gasteiger charge is -2.02. The molecule has 1 N–H and O–H groups in total. The first-order valence-electron chi connectivity index (χ1n) is 8.43. The minimum absolute atomic E-state index is 0.447. The Morgan fingerprint density at radius 2 is 1.93 bits per heavy atom. The summed E-state index contributed by atoms with van der Waals surface area (Å²) in [4.78, 5) is 14.0. The maximum Gasteiger partial charge on any atom is 0.204 e. The predicted molar refractivity (Wildman–Crippen MR) is 103 cm³/mol. The van der Waals surface area contributed by atoms with Gasteiger partial charge in [0.2, 0.25) is 5.82 Å². The van der Waals surface area contributed by atoms with Crippen LogP contribution in [0.2, 0.25) is 5.15 Å². The molecule has 0 aliphatic rings. The number of hydrogen-bond donors (Lipinski definition) is 1. The molecule has 0 radical (unpaired) electrons. The number of fused-ring (bicyclic) bond motifs is 3. The largest absolute Gasteiger partial charge is 0.339 e. The Morgan fingerprint density at radius 1 is 1.07 bits per heavy atom. The molecule has 132 valence electrons. The molecule has 0 saturated heterocycles. The second kappa shape index (κ2) is 6.14. The van der Waals surface area contributed by atoms with Crippen LogP contribution in [0.5, 0.6) is 0 Å². The van der Waals surface area contributed by atoms with Crippen LogP contribution in [-0.4, -0.2) is 35.2 Å². The Kier molecular flexibility index (Phi) is 3.61. The van der Waals surface area contributed by atoms with Gasteiger partial charge in [-0.15, -0.1) is 10.2 Å². The van der Waals surface area contributed by atoms with Crippen LogP contribution in [0.25, 0.3) is 33.3 Å². The summed E-state index contributed by atoms with van der Waals surface area (Å²) >= 11 is 6.50. The lowest BCUT2D eigenvalue weighted by atomic mass is 10.1. The van der Waals surface area contributed by atoms with Crippen molar-refractivity contribution in [2.24, 2.45) is 7.05 Å². The fourth-order valence-electron chi connectivity index (χ4n) is 3.20. The number of tetrazole rings is 1. The Hall–Kier alpha value is -3.32. The van der Waals surface area contributed by atoms with Gasteiger partial charge in [0.05, 0.1) is 12.4 Å². The molecule has 27 heavy (non-hydrogen) atoms. The van der Waals surface area contributed by atoms with Crippen molar-refractivity contribution < 1.29 is 0 Å². The summed E-state index contributed by atoms with van der Waals surface area (Å²) in [6.45, 7) is 0. The Morgan fingerprint density at radius 3 is 2.70 bits per heavy atom. The zero-order valence-electron chi connectivity index (χ0n) is 14.4. The molecule has 3 heterocycles. The first-order valence-corrected chi connectivity index (χ1v) is 8.81. The van der Waals surface area contributed by atoms with Gasteiger partial charge in [-0.3, -0.25) is 0 Å². The molecular weight excluding hydrogens is 362 g/mol. The van der Waals surface area contributed by atoms with Crippen LogP contribution in [-0.2, 0) is 13.5 Å². The zero-order valence-corrected chi connectivity index (χ0v) is 15.1. The molecule has 0 unspecified atom stereocenters. The summed E-state index contributed by atoms with van der Waals surface area (Å²) in [7, 11) is 1.74. The van der Waals surface area contributed by atoms with E-state index in [1.807, 2.05) is 48.5 Å². The highest BCUT2D eigenvalue weighted by atomic mass is 35.5. The average Bonchev–Trinajstić information content (AvgIpc) is 3.25. The third kappa shape index (κ3) is 2.82. The molecule has 0 amide bonds. The van der Waals surface area contributed by atoms with Crippen LogP contribution in [0, 0.1) is 0 Å². The van der Waals surface area contributed by atoms with Crippen molar-refractivity contribution in [2.75, 3.05) is 0 Å². The van der Waals surface area contributed by atoms with E-state index in [1.54, 1.807) is 7.05 Å². The van der Waals surface area contributed by atoms with Crippen LogP contribution in [0.4, 0.5) is 0 Å². The van der Waals surface area contributed by atoms with Crippen LogP contribution in [0.3, 0.4) is 0 Å². The third-order valence-corrected chi connectivity index (χ3v) is 4.70.